The number of carbonyl (C=O) groups excluding carboxylic acids is 1. The minimum atomic E-state index is -0.0585. The van der Waals surface area contributed by atoms with Crippen molar-refractivity contribution in [3.05, 3.63) is 28.5 Å². The van der Waals surface area contributed by atoms with Crippen LogP contribution in [-0.4, -0.2) is 34.3 Å². The minimum Gasteiger partial charge on any atom is -0.333 e. The van der Waals surface area contributed by atoms with Gasteiger partial charge >= 0.3 is 0 Å². The Labute approximate surface area is 122 Å². The Morgan fingerprint density at radius 2 is 2.17 bits per heavy atom. The van der Waals surface area contributed by atoms with E-state index >= 15 is 0 Å². The zero-order valence-corrected chi connectivity index (χ0v) is 13.0. The fraction of sp³-hybridized carbons (Fsp3) is 0.538. The number of alkyl halides is 1. The van der Waals surface area contributed by atoms with Crippen LogP contribution in [0.3, 0.4) is 0 Å². The topological polar surface area (TPSA) is 33.2 Å². The lowest BCUT2D eigenvalue weighted by Gasteiger charge is -2.29. The molecule has 0 spiro atoms. The molecule has 0 bridgehead atoms. The van der Waals surface area contributed by atoms with Gasteiger partial charge in [0.05, 0.1) is 0 Å². The van der Waals surface area contributed by atoms with E-state index in [-0.39, 0.29) is 11.9 Å². The van der Waals surface area contributed by atoms with E-state index in [9.17, 15) is 4.79 Å². The summed E-state index contributed by atoms with van der Waals surface area (Å²) in [4.78, 5) is 18.5. The van der Waals surface area contributed by atoms with Gasteiger partial charge < -0.3 is 4.90 Å². The molecule has 0 N–H and O–H groups in total. The molecular formula is C13H18BrClN2O. The van der Waals surface area contributed by atoms with Crippen LogP contribution in [0.25, 0.3) is 0 Å². The summed E-state index contributed by atoms with van der Waals surface area (Å²) in [7, 11) is 0. The molecule has 0 fully saturated rings. The van der Waals surface area contributed by atoms with Crippen molar-refractivity contribution in [3.8, 4) is 0 Å². The monoisotopic (exact) mass is 332 g/mol. The lowest BCUT2D eigenvalue weighted by atomic mass is 10.1. The van der Waals surface area contributed by atoms with Crippen molar-refractivity contribution in [2.45, 2.75) is 32.7 Å². The highest BCUT2D eigenvalue weighted by Gasteiger charge is 2.24. The van der Waals surface area contributed by atoms with Gasteiger partial charge in [0.25, 0.3) is 5.91 Å². The molecule has 0 aliphatic heterocycles. The fourth-order valence-corrected chi connectivity index (χ4v) is 2.56. The van der Waals surface area contributed by atoms with Crippen LogP contribution in [0.5, 0.6) is 0 Å². The molecule has 1 aromatic heterocycles. The SMILES string of the molecule is CCC(CC)N(CCCl)C(=O)c1ncccc1Br. The smallest absolute Gasteiger partial charge is 0.273 e. The van der Waals surface area contributed by atoms with Crippen molar-refractivity contribution in [3.63, 3.8) is 0 Å². The summed E-state index contributed by atoms with van der Waals surface area (Å²) in [6.07, 6.45) is 3.47. The van der Waals surface area contributed by atoms with Crippen molar-refractivity contribution in [2.75, 3.05) is 12.4 Å². The van der Waals surface area contributed by atoms with Gasteiger partial charge in [-0.05, 0) is 40.9 Å². The van der Waals surface area contributed by atoms with E-state index in [2.05, 4.69) is 34.8 Å². The van der Waals surface area contributed by atoms with E-state index in [1.54, 1.807) is 12.3 Å². The number of hydrogen-bond acceptors (Lipinski definition) is 2. The summed E-state index contributed by atoms with van der Waals surface area (Å²) in [5.41, 5.74) is 0.453. The summed E-state index contributed by atoms with van der Waals surface area (Å²) in [5, 5.41) is 0. The van der Waals surface area contributed by atoms with Gasteiger partial charge in [-0.25, -0.2) is 4.98 Å². The third-order valence-corrected chi connectivity index (χ3v) is 3.74. The molecular weight excluding hydrogens is 316 g/mol. The van der Waals surface area contributed by atoms with Crippen molar-refractivity contribution in [1.29, 1.82) is 0 Å². The van der Waals surface area contributed by atoms with Crippen LogP contribution in [0.4, 0.5) is 0 Å². The summed E-state index contributed by atoms with van der Waals surface area (Å²) < 4.78 is 0.723. The average molecular weight is 334 g/mol. The molecule has 3 nitrogen and oxygen atoms in total. The summed E-state index contributed by atoms with van der Waals surface area (Å²) in [6.45, 7) is 4.71. The van der Waals surface area contributed by atoms with Gasteiger partial charge in [-0.15, -0.1) is 11.6 Å². The molecule has 0 saturated carbocycles. The molecule has 0 saturated heterocycles. The van der Waals surface area contributed by atoms with E-state index in [0.717, 1.165) is 17.3 Å². The Bertz CT molecular complexity index is 396. The molecule has 18 heavy (non-hydrogen) atoms. The first-order valence-electron chi connectivity index (χ1n) is 6.13. The van der Waals surface area contributed by atoms with Gasteiger partial charge in [0.15, 0.2) is 0 Å². The summed E-state index contributed by atoms with van der Waals surface area (Å²) >= 11 is 9.17. The van der Waals surface area contributed by atoms with Crippen LogP contribution >= 0.6 is 27.5 Å². The number of rotatable bonds is 6. The zero-order valence-electron chi connectivity index (χ0n) is 10.7. The maximum absolute atomic E-state index is 12.5. The molecule has 0 unspecified atom stereocenters. The molecule has 1 rings (SSSR count). The predicted molar refractivity (Wildman–Crippen MR) is 78.1 cm³/mol. The molecule has 0 atom stereocenters. The second kappa shape index (κ2) is 7.74. The van der Waals surface area contributed by atoms with E-state index in [1.807, 2.05) is 11.0 Å². The third kappa shape index (κ3) is 3.69. The highest BCUT2D eigenvalue weighted by molar-refractivity contribution is 9.10. The van der Waals surface area contributed by atoms with E-state index < -0.39 is 0 Å². The van der Waals surface area contributed by atoms with Crippen LogP contribution in [0, 0.1) is 0 Å². The van der Waals surface area contributed by atoms with Gasteiger partial charge in [-0.1, -0.05) is 13.8 Å². The maximum Gasteiger partial charge on any atom is 0.273 e. The second-order valence-electron chi connectivity index (χ2n) is 3.99. The highest BCUT2D eigenvalue weighted by Crippen LogP contribution is 2.18. The van der Waals surface area contributed by atoms with E-state index in [4.69, 9.17) is 11.6 Å². The number of carbonyl (C=O) groups is 1. The Balaban J connectivity index is 2.99. The van der Waals surface area contributed by atoms with Crippen LogP contribution < -0.4 is 0 Å². The van der Waals surface area contributed by atoms with Gasteiger partial charge in [0.2, 0.25) is 0 Å². The molecule has 0 aliphatic rings. The molecule has 1 aromatic rings. The van der Waals surface area contributed by atoms with Gasteiger partial charge in [0.1, 0.15) is 5.69 Å². The van der Waals surface area contributed by atoms with Crippen molar-refractivity contribution in [1.82, 2.24) is 9.88 Å². The molecule has 0 aliphatic carbocycles. The number of hydrogen-bond donors (Lipinski definition) is 0. The molecule has 0 radical (unpaired) electrons. The first-order chi connectivity index (χ1) is 8.65. The quantitative estimate of drug-likeness (QED) is 0.743. The number of halogens is 2. The van der Waals surface area contributed by atoms with E-state index in [1.165, 1.54) is 0 Å². The molecule has 5 heteroatoms. The summed E-state index contributed by atoms with van der Waals surface area (Å²) in [5.74, 6) is 0.379. The van der Waals surface area contributed by atoms with Crippen molar-refractivity contribution >= 4 is 33.4 Å². The zero-order chi connectivity index (χ0) is 13.5. The molecule has 0 aromatic carbocycles. The van der Waals surface area contributed by atoms with Crippen LogP contribution in [0.2, 0.25) is 0 Å². The maximum atomic E-state index is 12.5. The lowest BCUT2D eigenvalue weighted by Crippen LogP contribution is -2.41. The first-order valence-corrected chi connectivity index (χ1v) is 7.45. The van der Waals surface area contributed by atoms with Gasteiger partial charge in [-0.2, -0.15) is 0 Å². The highest BCUT2D eigenvalue weighted by atomic mass is 79.9. The van der Waals surface area contributed by atoms with Gasteiger partial charge in [-0.3, -0.25) is 4.79 Å². The number of amides is 1. The standard InChI is InChI=1S/C13H18BrClN2O/c1-3-10(4-2)17(9-7-15)13(18)12-11(14)6-5-8-16-12/h5-6,8,10H,3-4,7,9H2,1-2H3. The van der Waals surface area contributed by atoms with E-state index in [0.29, 0.717) is 18.1 Å². The largest absolute Gasteiger partial charge is 0.333 e. The minimum absolute atomic E-state index is 0.0585. The second-order valence-corrected chi connectivity index (χ2v) is 5.22. The number of nitrogens with zero attached hydrogens (tertiary/aromatic N) is 2. The van der Waals surface area contributed by atoms with Crippen molar-refractivity contribution < 1.29 is 4.79 Å². The number of pyridine rings is 1. The average Bonchev–Trinajstić information content (AvgIpc) is 2.39. The molecule has 100 valence electrons. The van der Waals surface area contributed by atoms with Gasteiger partial charge in [0, 0.05) is 29.1 Å². The molecule has 1 amide bonds. The van der Waals surface area contributed by atoms with Crippen LogP contribution in [-0.2, 0) is 0 Å². The third-order valence-electron chi connectivity index (χ3n) is 2.93. The Morgan fingerprint density at radius 3 is 2.67 bits per heavy atom. The number of aromatic nitrogens is 1. The fourth-order valence-electron chi connectivity index (χ4n) is 1.95. The van der Waals surface area contributed by atoms with Crippen molar-refractivity contribution in [2.24, 2.45) is 0 Å². The Kier molecular flexibility index (Phi) is 6.65. The van der Waals surface area contributed by atoms with Crippen LogP contribution in [0.15, 0.2) is 22.8 Å². The molecule has 1 heterocycles. The Hall–Kier alpha value is -0.610. The first kappa shape index (κ1) is 15.4. The normalized spacial score (nSPS) is 10.7. The summed E-state index contributed by atoms with van der Waals surface area (Å²) in [6, 6.07) is 3.83. The lowest BCUT2D eigenvalue weighted by molar-refractivity contribution is 0.0674. The predicted octanol–water partition coefficient (Wildman–Crippen LogP) is 3.71. The van der Waals surface area contributed by atoms with Crippen LogP contribution in [0.1, 0.15) is 37.2 Å². The Morgan fingerprint density at radius 1 is 1.50 bits per heavy atom.